The first-order valence-electron chi connectivity index (χ1n) is 7.02. The molecule has 1 heterocycles. The van der Waals surface area contributed by atoms with Crippen molar-refractivity contribution in [1.82, 2.24) is 0 Å². The Morgan fingerprint density at radius 2 is 1.39 bits per heavy atom. The summed E-state index contributed by atoms with van der Waals surface area (Å²) in [5.41, 5.74) is -1.72. The third-order valence-corrected chi connectivity index (χ3v) is 6.05. The smallest absolute Gasteiger partial charge is 0.186 e. The Morgan fingerprint density at radius 1 is 0.826 bits per heavy atom. The molecule has 0 saturated heterocycles. The SMILES string of the molecule is N#CC1(C#N)C2C=CC(c3csc4cccc2c34)C1(C#N)C#N. The van der Waals surface area contributed by atoms with Crippen molar-refractivity contribution < 1.29 is 0 Å². The van der Waals surface area contributed by atoms with E-state index in [4.69, 9.17) is 0 Å². The Bertz CT molecular complexity index is 1020. The van der Waals surface area contributed by atoms with Gasteiger partial charge in [0.1, 0.15) is 0 Å². The Labute approximate surface area is 136 Å². The highest BCUT2D eigenvalue weighted by Gasteiger charge is 2.66. The molecule has 4 nitrogen and oxygen atoms in total. The molecule has 23 heavy (non-hydrogen) atoms. The maximum absolute atomic E-state index is 9.85. The molecule has 2 bridgehead atoms. The first-order chi connectivity index (χ1) is 11.2. The zero-order chi connectivity index (χ0) is 16.2. The van der Waals surface area contributed by atoms with Crippen molar-refractivity contribution in [2.45, 2.75) is 11.8 Å². The van der Waals surface area contributed by atoms with Crippen LogP contribution in [0.4, 0.5) is 0 Å². The first-order valence-corrected chi connectivity index (χ1v) is 7.90. The van der Waals surface area contributed by atoms with E-state index >= 15 is 0 Å². The van der Waals surface area contributed by atoms with Gasteiger partial charge in [-0.2, -0.15) is 21.0 Å². The quantitative estimate of drug-likeness (QED) is 0.692. The topological polar surface area (TPSA) is 95.2 Å². The molecule has 1 aromatic carbocycles. The zero-order valence-electron chi connectivity index (χ0n) is 11.8. The Hall–Kier alpha value is -3.12. The van der Waals surface area contributed by atoms with Crippen LogP contribution in [-0.4, -0.2) is 0 Å². The molecule has 5 rings (SSSR count). The minimum Gasteiger partial charge on any atom is -0.196 e. The van der Waals surface area contributed by atoms with E-state index in [1.165, 1.54) is 0 Å². The molecule has 3 aliphatic carbocycles. The summed E-state index contributed by atoms with van der Waals surface area (Å²) in [6, 6.07) is 14.0. The molecule has 2 atom stereocenters. The number of fused-ring (bicyclic) bond motifs is 1. The minimum atomic E-state index is -1.72. The molecule has 106 valence electrons. The van der Waals surface area contributed by atoms with E-state index in [9.17, 15) is 21.0 Å². The van der Waals surface area contributed by atoms with Crippen LogP contribution in [0.25, 0.3) is 10.1 Å². The third-order valence-electron chi connectivity index (χ3n) is 5.09. The van der Waals surface area contributed by atoms with E-state index in [0.29, 0.717) is 0 Å². The number of rotatable bonds is 0. The number of benzene rings is 1. The number of hydrogen-bond donors (Lipinski definition) is 0. The van der Waals surface area contributed by atoms with E-state index in [1.807, 2.05) is 60.0 Å². The normalized spacial score (nSPS) is 24.9. The van der Waals surface area contributed by atoms with Gasteiger partial charge in [0.2, 0.25) is 0 Å². The number of hydrogen-bond acceptors (Lipinski definition) is 5. The predicted molar refractivity (Wildman–Crippen MR) is 83.8 cm³/mol. The van der Waals surface area contributed by atoms with Crippen molar-refractivity contribution >= 4 is 21.4 Å². The molecule has 1 aromatic heterocycles. The molecule has 5 heteroatoms. The highest BCUT2D eigenvalue weighted by Crippen LogP contribution is 2.63. The first kappa shape index (κ1) is 13.5. The van der Waals surface area contributed by atoms with Gasteiger partial charge in [0.05, 0.1) is 24.3 Å². The van der Waals surface area contributed by atoms with E-state index in [-0.39, 0.29) is 0 Å². The van der Waals surface area contributed by atoms with Crippen LogP contribution < -0.4 is 0 Å². The van der Waals surface area contributed by atoms with E-state index in [2.05, 4.69) is 0 Å². The average Bonchev–Trinajstić information content (AvgIpc) is 2.93. The van der Waals surface area contributed by atoms with Gasteiger partial charge in [-0.25, -0.2) is 0 Å². The van der Waals surface area contributed by atoms with Crippen molar-refractivity contribution in [2.24, 2.45) is 10.8 Å². The molecule has 2 unspecified atom stereocenters. The molecule has 0 amide bonds. The van der Waals surface area contributed by atoms with Gasteiger partial charge in [-0.3, -0.25) is 0 Å². The van der Waals surface area contributed by atoms with Crippen LogP contribution in [0, 0.1) is 56.2 Å². The van der Waals surface area contributed by atoms with Gasteiger partial charge in [0.25, 0.3) is 0 Å². The summed E-state index contributed by atoms with van der Waals surface area (Å²) in [7, 11) is 0. The molecule has 0 aliphatic heterocycles. The molecular weight excluding hydrogens is 304 g/mol. The van der Waals surface area contributed by atoms with Gasteiger partial charge in [-0.05, 0) is 22.6 Å². The lowest BCUT2D eigenvalue weighted by Crippen LogP contribution is -2.47. The third kappa shape index (κ3) is 1.24. The number of nitrogens with zero attached hydrogens (tertiary/aromatic N) is 4. The Kier molecular flexibility index (Phi) is 2.48. The summed E-state index contributed by atoms with van der Waals surface area (Å²) in [5.74, 6) is -1.17. The van der Waals surface area contributed by atoms with Crippen molar-refractivity contribution in [3.05, 3.63) is 46.9 Å². The van der Waals surface area contributed by atoms with Gasteiger partial charge in [-0.1, -0.05) is 24.3 Å². The summed E-state index contributed by atoms with van der Waals surface area (Å²) in [5, 5.41) is 42.3. The average molecular weight is 312 g/mol. The van der Waals surface area contributed by atoms with Gasteiger partial charge in [-0.15, -0.1) is 11.3 Å². The van der Waals surface area contributed by atoms with E-state index < -0.39 is 22.7 Å². The molecule has 0 N–H and O–H groups in total. The molecule has 2 aromatic rings. The van der Waals surface area contributed by atoms with Gasteiger partial charge in [0, 0.05) is 21.9 Å². The number of allylic oxidation sites excluding steroid dienone is 2. The highest BCUT2D eigenvalue weighted by molar-refractivity contribution is 7.17. The standard InChI is InChI=1S/C18H8N4S/c19-7-17(8-20)13-4-5-14(18(17,9-21)10-22)12-6-23-15-3-1-2-11(13)16(12)15/h1-6,13-14H. The Morgan fingerprint density at radius 3 is 1.96 bits per heavy atom. The van der Waals surface area contributed by atoms with Crippen LogP contribution in [0.3, 0.4) is 0 Å². The summed E-state index contributed by atoms with van der Waals surface area (Å²) in [4.78, 5) is 0. The lowest BCUT2D eigenvalue weighted by Gasteiger charge is -2.41. The molecular formula is C18H8N4S. The van der Waals surface area contributed by atoms with Crippen LogP contribution in [0.2, 0.25) is 0 Å². The second kappa shape index (κ2) is 4.21. The largest absolute Gasteiger partial charge is 0.196 e. The van der Waals surface area contributed by atoms with Gasteiger partial charge in [0.15, 0.2) is 10.8 Å². The molecule has 0 spiro atoms. The second-order valence-corrected chi connectivity index (χ2v) is 6.73. The predicted octanol–water partition coefficient (Wildman–Crippen LogP) is 3.72. The summed E-state index contributed by atoms with van der Waals surface area (Å²) in [6.07, 6.45) is 3.65. The highest BCUT2D eigenvalue weighted by atomic mass is 32.1. The van der Waals surface area contributed by atoms with Crippen molar-refractivity contribution in [3.8, 4) is 24.3 Å². The van der Waals surface area contributed by atoms with Crippen LogP contribution in [0.1, 0.15) is 23.0 Å². The maximum Gasteiger partial charge on any atom is 0.186 e. The minimum absolute atomic E-state index is 0.578. The van der Waals surface area contributed by atoms with Gasteiger partial charge >= 0.3 is 0 Å². The fourth-order valence-electron chi connectivity index (χ4n) is 3.99. The monoisotopic (exact) mass is 312 g/mol. The summed E-state index contributed by atoms with van der Waals surface area (Å²) in [6.45, 7) is 0. The zero-order valence-corrected chi connectivity index (χ0v) is 12.6. The van der Waals surface area contributed by atoms with Crippen molar-refractivity contribution in [1.29, 1.82) is 21.0 Å². The van der Waals surface area contributed by atoms with Gasteiger partial charge < -0.3 is 0 Å². The van der Waals surface area contributed by atoms with E-state index in [0.717, 1.165) is 21.2 Å². The summed E-state index contributed by atoms with van der Waals surface area (Å²) >= 11 is 1.56. The van der Waals surface area contributed by atoms with Crippen LogP contribution in [0.5, 0.6) is 0 Å². The fraction of sp³-hybridized carbons (Fsp3) is 0.222. The lowest BCUT2D eigenvalue weighted by molar-refractivity contribution is 0.237. The molecule has 0 saturated carbocycles. The second-order valence-electron chi connectivity index (χ2n) is 5.81. The summed E-state index contributed by atoms with van der Waals surface area (Å²) < 4.78 is 1.05. The molecule has 0 fully saturated rings. The van der Waals surface area contributed by atoms with Crippen molar-refractivity contribution in [3.63, 3.8) is 0 Å². The Balaban J connectivity index is 2.25. The number of nitriles is 4. The lowest BCUT2D eigenvalue weighted by atomic mass is 9.51. The maximum atomic E-state index is 9.85. The number of thiophene rings is 1. The molecule has 3 aliphatic rings. The fourth-order valence-corrected chi connectivity index (χ4v) is 5.01. The van der Waals surface area contributed by atoms with E-state index in [1.54, 1.807) is 11.3 Å². The molecule has 0 radical (unpaired) electrons. The van der Waals surface area contributed by atoms with Crippen LogP contribution >= 0.6 is 11.3 Å². The van der Waals surface area contributed by atoms with Crippen molar-refractivity contribution in [2.75, 3.05) is 0 Å². The van der Waals surface area contributed by atoms with Crippen LogP contribution in [0.15, 0.2) is 35.7 Å². The van der Waals surface area contributed by atoms with Crippen LogP contribution in [-0.2, 0) is 0 Å².